The topological polar surface area (TPSA) is 52.3 Å². The first-order valence-corrected chi connectivity index (χ1v) is 6.31. The number of nitrogen functional groups attached to an aromatic ring is 1. The van der Waals surface area contributed by atoms with Crippen LogP contribution in [-0.2, 0) is 6.42 Å². The molecule has 2 aromatic carbocycles. The van der Waals surface area contributed by atoms with E-state index in [1.54, 1.807) is 24.3 Å². The van der Waals surface area contributed by atoms with Gasteiger partial charge in [-0.3, -0.25) is 4.79 Å². The van der Waals surface area contributed by atoms with E-state index < -0.39 is 5.82 Å². The molecule has 104 valence electrons. The summed E-state index contributed by atoms with van der Waals surface area (Å²) >= 11 is 5.69. The van der Waals surface area contributed by atoms with Crippen molar-refractivity contribution < 1.29 is 13.9 Å². The lowest BCUT2D eigenvalue weighted by Crippen LogP contribution is -2.09. The summed E-state index contributed by atoms with van der Waals surface area (Å²) in [4.78, 5) is 12.2. The van der Waals surface area contributed by atoms with Gasteiger partial charge in [-0.15, -0.1) is 0 Å². The highest BCUT2D eigenvalue weighted by molar-refractivity contribution is 6.30. The van der Waals surface area contributed by atoms with E-state index in [4.69, 9.17) is 22.1 Å². The number of anilines is 1. The van der Waals surface area contributed by atoms with E-state index >= 15 is 0 Å². The molecule has 2 rings (SSSR count). The third-order valence-corrected chi connectivity index (χ3v) is 3.26. The van der Waals surface area contributed by atoms with E-state index in [0.717, 1.165) is 0 Å². The van der Waals surface area contributed by atoms with Gasteiger partial charge in [0.15, 0.2) is 5.78 Å². The molecular weight excluding hydrogens is 281 g/mol. The Bertz CT molecular complexity index is 658. The fourth-order valence-electron chi connectivity index (χ4n) is 1.92. The van der Waals surface area contributed by atoms with E-state index in [9.17, 15) is 9.18 Å². The Morgan fingerprint density at radius 1 is 1.30 bits per heavy atom. The Labute approximate surface area is 121 Å². The van der Waals surface area contributed by atoms with Crippen LogP contribution in [0.15, 0.2) is 36.4 Å². The second-order valence-corrected chi connectivity index (χ2v) is 4.64. The SMILES string of the molecule is COc1cccc(C(=O)Cc2cccc(Cl)c2F)c1N. The second kappa shape index (κ2) is 5.92. The van der Waals surface area contributed by atoms with Gasteiger partial charge in [0.1, 0.15) is 11.6 Å². The Balaban J connectivity index is 2.31. The number of ether oxygens (including phenoxy) is 1. The largest absolute Gasteiger partial charge is 0.495 e. The number of Topliss-reactive ketones (excluding diaryl/α,β-unsaturated/α-hetero) is 1. The number of methoxy groups -OCH3 is 1. The van der Waals surface area contributed by atoms with Crippen LogP contribution in [0.5, 0.6) is 5.75 Å². The van der Waals surface area contributed by atoms with Crippen LogP contribution in [0, 0.1) is 5.82 Å². The maximum absolute atomic E-state index is 13.8. The first-order chi connectivity index (χ1) is 9.54. The van der Waals surface area contributed by atoms with Crippen molar-refractivity contribution in [2.24, 2.45) is 0 Å². The van der Waals surface area contributed by atoms with Gasteiger partial charge < -0.3 is 10.5 Å². The van der Waals surface area contributed by atoms with Crippen molar-refractivity contribution in [3.63, 3.8) is 0 Å². The molecule has 0 radical (unpaired) electrons. The molecule has 0 aromatic heterocycles. The van der Waals surface area contributed by atoms with Gasteiger partial charge in [0, 0.05) is 12.0 Å². The number of para-hydroxylation sites is 1. The van der Waals surface area contributed by atoms with Crippen LogP contribution < -0.4 is 10.5 Å². The zero-order chi connectivity index (χ0) is 14.7. The van der Waals surface area contributed by atoms with E-state index in [1.165, 1.54) is 19.2 Å². The summed E-state index contributed by atoms with van der Waals surface area (Å²) in [5, 5.41) is -0.00564. The quantitative estimate of drug-likeness (QED) is 0.693. The number of ketones is 1. The molecule has 0 amide bonds. The Morgan fingerprint density at radius 2 is 2.00 bits per heavy atom. The van der Waals surface area contributed by atoms with Crippen molar-refractivity contribution in [3.8, 4) is 5.75 Å². The monoisotopic (exact) mass is 293 g/mol. The van der Waals surface area contributed by atoms with E-state index in [2.05, 4.69) is 0 Å². The molecular formula is C15H13ClFNO2. The minimum absolute atomic E-state index is 0.00564. The number of carbonyl (C=O) groups excluding carboxylic acids is 1. The average Bonchev–Trinajstić information content (AvgIpc) is 2.44. The second-order valence-electron chi connectivity index (χ2n) is 4.23. The van der Waals surface area contributed by atoms with Gasteiger partial charge >= 0.3 is 0 Å². The van der Waals surface area contributed by atoms with Gasteiger partial charge in [-0.05, 0) is 23.8 Å². The molecule has 5 heteroatoms. The Hall–Kier alpha value is -2.07. The van der Waals surface area contributed by atoms with Crippen LogP contribution in [0.1, 0.15) is 15.9 Å². The van der Waals surface area contributed by atoms with Crippen LogP contribution in [0.3, 0.4) is 0 Å². The summed E-state index contributed by atoms with van der Waals surface area (Å²) in [5.74, 6) is -0.450. The van der Waals surface area contributed by atoms with Crippen LogP contribution in [-0.4, -0.2) is 12.9 Å². The van der Waals surface area contributed by atoms with Crippen LogP contribution in [0.2, 0.25) is 5.02 Å². The fourth-order valence-corrected chi connectivity index (χ4v) is 2.11. The number of halogens is 2. The molecule has 0 fully saturated rings. The molecule has 0 saturated heterocycles. The summed E-state index contributed by atoms with van der Waals surface area (Å²) in [6.07, 6.45) is -0.107. The molecule has 0 unspecified atom stereocenters. The third-order valence-electron chi connectivity index (χ3n) is 2.97. The third kappa shape index (κ3) is 2.75. The van der Waals surface area contributed by atoms with Gasteiger partial charge in [0.25, 0.3) is 0 Å². The molecule has 0 atom stereocenters. The van der Waals surface area contributed by atoms with Gasteiger partial charge in [-0.25, -0.2) is 4.39 Å². The van der Waals surface area contributed by atoms with E-state index in [0.29, 0.717) is 11.3 Å². The molecule has 20 heavy (non-hydrogen) atoms. The summed E-state index contributed by atoms with van der Waals surface area (Å²) in [6.45, 7) is 0. The first-order valence-electron chi connectivity index (χ1n) is 5.93. The molecule has 3 nitrogen and oxygen atoms in total. The number of nitrogens with two attached hydrogens (primary N) is 1. The predicted molar refractivity (Wildman–Crippen MR) is 76.9 cm³/mol. The number of hydrogen-bond donors (Lipinski definition) is 1. The van der Waals surface area contributed by atoms with Crippen LogP contribution >= 0.6 is 11.6 Å². The number of benzene rings is 2. The van der Waals surface area contributed by atoms with Gasteiger partial charge in [0.2, 0.25) is 0 Å². The Morgan fingerprint density at radius 3 is 2.70 bits per heavy atom. The zero-order valence-corrected chi connectivity index (χ0v) is 11.6. The van der Waals surface area contributed by atoms with E-state index in [1.807, 2.05) is 0 Å². The highest BCUT2D eigenvalue weighted by atomic mass is 35.5. The summed E-state index contributed by atoms with van der Waals surface area (Å²) in [5.41, 5.74) is 6.65. The first kappa shape index (κ1) is 14.3. The average molecular weight is 294 g/mol. The van der Waals surface area contributed by atoms with Gasteiger partial charge in [0.05, 0.1) is 17.8 Å². The van der Waals surface area contributed by atoms with E-state index in [-0.39, 0.29) is 28.5 Å². The minimum atomic E-state index is -0.580. The smallest absolute Gasteiger partial charge is 0.169 e. The lowest BCUT2D eigenvalue weighted by atomic mass is 10.0. The molecule has 0 spiro atoms. The zero-order valence-electron chi connectivity index (χ0n) is 10.8. The molecule has 0 saturated carbocycles. The van der Waals surface area contributed by atoms with Crippen molar-refractivity contribution in [1.29, 1.82) is 0 Å². The summed E-state index contributed by atoms with van der Waals surface area (Å²) in [7, 11) is 1.47. The lowest BCUT2D eigenvalue weighted by molar-refractivity contribution is 0.0992. The summed E-state index contributed by atoms with van der Waals surface area (Å²) in [6, 6.07) is 9.47. The van der Waals surface area contributed by atoms with Crippen molar-refractivity contribution in [3.05, 3.63) is 58.4 Å². The van der Waals surface area contributed by atoms with Crippen molar-refractivity contribution >= 4 is 23.1 Å². The Kier molecular flexibility index (Phi) is 4.25. The standard InChI is InChI=1S/C15H13ClFNO2/c1-20-13-7-3-5-10(15(13)18)12(19)8-9-4-2-6-11(16)14(9)17/h2-7H,8,18H2,1H3. The van der Waals surface area contributed by atoms with Gasteiger partial charge in [-0.2, -0.15) is 0 Å². The van der Waals surface area contributed by atoms with Crippen LogP contribution in [0.4, 0.5) is 10.1 Å². The fraction of sp³-hybridized carbons (Fsp3) is 0.133. The van der Waals surface area contributed by atoms with Crippen molar-refractivity contribution in [2.75, 3.05) is 12.8 Å². The predicted octanol–water partition coefficient (Wildman–Crippen LogP) is 3.50. The maximum Gasteiger partial charge on any atom is 0.169 e. The van der Waals surface area contributed by atoms with Crippen molar-refractivity contribution in [2.45, 2.75) is 6.42 Å². The molecule has 0 heterocycles. The molecule has 0 aliphatic carbocycles. The summed E-state index contributed by atoms with van der Waals surface area (Å²) < 4.78 is 18.8. The molecule has 0 aliphatic heterocycles. The molecule has 0 bridgehead atoms. The lowest BCUT2D eigenvalue weighted by Gasteiger charge is -2.09. The normalized spacial score (nSPS) is 10.3. The maximum atomic E-state index is 13.8. The van der Waals surface area contributed by atoms with Crippen LogP contribution in [0.25, 0.3) is 0 Å². The number of rotatable bonds is 4. The molecule has 0 aliphatic rings. The minimum Gasteiger partial charge on any atom is -0.495 e. The van der Waals surface area contributed by atoms with Gasteiger partial charge in [-0.1, -0.05) is 29.8 Å². The highest BCUT2D eigenvalue weighted by Crippen LogP contribution is 2.26. The highest BCUT2D eigenvalue weighted by Gasteiger charge is 2.16. The molecule has 2 N–H and O–H groups in total. The molecule has 2 aromatic rings. The number of hydrogen-bond acceptors (Lipinski definition) is 3. The number of carbonyl (C=O) groups is 1. The van der Waals surface area contributed by atoms with Crippen molar-refractivity contribution in [1.82, 2.24) is 0 Å².